The largest absolute Gasteiger partial charge is 0.511 e. The Bertz CT molecular complexity index is 722. The number of hydrogen-bond acceptors (Lipinski definition) is 4. The van der Waals surface area contributed by atoms with E-state index < -0.39 is 29.8 Å². The van der Waals surface area contributed by atoms with Gasteiger partial charge in [-0.1, -0.05) is 44.6 Å². The van der Waals surface area contributed by atoms with Gasteiger partial charge in [-0.25, -0.2) is 0 Å². The maximum Gasteiger partial charge on any atom is 0.261 e. The maximum atomic E-state index is 12.8. The Morgan fingerprint density at radius 1 is 1.33 bits per heavy atom. The number of likely N-dealkylation sites (N-methyl/N-ethyl adjacent to an activating group) is 1. The maximum absolute atomic E-state index is 12.8. The van der Waals surface area contributed by atoms with Crippen LogP contribution in [0.1, 0.15) is 40.0 Å². The first kappa shape index (κ1) is 19.9. The second kappa shape index (κ2) is 7.27. The molecular formula is C22H31NO4. The molecule has 0 radical (unpaired) electrons. The summed E-state index contributed by atoms with van der Waals surface area (Å²) in [6, 6.07) is -0.903. The zero-order chi connectivity index (χ0) is 19.9. The average Bonchev–Trinajstić information content (AvgIpc) is 2.85. The minimum atomic E-state index is -0.903. The summed E-state index contributed by atoms with van der Waals surface area (Å²) >= 11 is 0. The van der Waals surface area contributed by atoms with E-state index in [0.717, 1.165) is 19.3 Å². The predicted octanol–water partition coefficient (Wildman–Crippen LogP) is 3.02. The second-order valence-corrected chi connectivity index (χ2v) is 8.61. The number of nitrogens with zero attached hydrogens (tertiary/aromatic N) is 1. The highest BCUT2D eigenvalue weighted by atomic mass is 16.3. The standard InChI is InChI=1S/C22H31NO4/c1-5-6-15-9-8-14-11-13(2)7-10-16(14)22(15,3)20(26)18-19(25)17(12-24)23(4)21(18)27/h5-6,8-9,13-17,24,26H,7,10-12H2,1-4H3. The number of carbonyl (C=O) groups excluding carboxylic acids is 2. The molecule has 2 N–H and O–H groups in total. The fraction of sp³-hybridized carbons (Fsp3) is 0.636. The molecule has 1 amide bonds. The molecule has 6 atom stereocenters. The topological polar surface area (TPSA) is 77.8 Å². The molecule has 6 unspecified atom stereocenters. The van der Waals surface area contributed by atoms with E-state index >= 15 is 0 Å². The molecule has 1 saturated heterocycles. The van der Waals surface area contributed by atoms with Crippen molar-refractivity contribution in [2.24, 2.45) is 29.1 Å². The highest BCUT2D eigenvalue weighted by Gasteiger charge is 2.53. The zero-order valence-electron chi connectivity index (χ0n) is 16.7. The molecule has 1 aliphatic heterocycles. The molecule has 0 aromatic heterocycles. The lowest BCUT2D eigenvalue weighted by molar-refractivity contribution is -0.126. The molecule has 148 valence electrons. The van der Waals surface area contributed by atoms with E-state index in [9.17, 15) is 19.8 Å². The number of fused-ring (bicyclic) bond motifs is 1. The van der Waals surface area contributed by atoms with Gasteiger partial charge in [0.1, 0.15) is 17.4 Å². The number of Topliss-reactive ketones (excluding diaryl/α,β-unsaturated/α-hetero) is 1. The second-order valence-electron chi connectivity index (χ2n) is 8.61. The molecule has 0 aromatic carbocycles. The number of ketones is 1. The van der Waals surface area contributed by atoms with Crippen LogP contribution in [0.15, 0.2) is 35.6 Å². The van der Waals surface area contributed by atoms with Gasteiger partial charge in [0.15, 0.2) is 5.78 Å². The highest BCUT2D eigenvalue weighted by molar-refractivity contribution is 6.26. The van der Waals surface area contributed by atoms with Gasteiger partial charge in [-0.3, -0.25) is 9.59 Å². The van der Waals surface area contributed by atoms with Crippen molar-refractivity contribution < 1.29 is 19.8 Å². The molecule has 1 heterocycles. The Hall–Kier alpha value is -1.88. The van der Waals surface area contributed by atoms with Gasteiger partial charge < -0.3 is 15.1 Å². The van der Waals surface area contributed by atoms with Crippen LogP contribution in [0.3, 0.4) is 0 Å². The average molecular weight is 373 g/mol. The Labute approximate surface area is 161 Å². The fourth-order valence-corrected chi connectivity index (χ4v) is 5.35. The minimum absolute atomic E-state index is 0.0799. The summed E-state index contributed by atoms with van der Waals surface area (Å²) in [5.41, 5.74) is -0.848. The number of rotatable bonds is 3. The van der Waals surface area contributed by atoms with Crippen molar-refractivity contribution in [2.45, 2.75) is 46.1 Å². The third kappa shape index (κ3) is 2.96. The summed E-state index contributed by atoms with van der Waals surface area (Å²) in [7, 11) is 1.50. The summed E-state index contributed by atoms with van der Waals surface area (Å²) in [4.78, 5) is 26.7. The van der Waals surface area contributed by atoms with Crippen LogP contribution >= 0.6 is 0 Å². The predicted molar refractivity (Wildman–Crippen MR) is 104 cm³/mol. The van der Waals surface area contributed by atoms with Gasteiger partial charge >= 0.3 is 0 Å². The summed E-state index contributed by atoms with van der Waals surface area (Å²) in [6.07, 6.45) is 11.5. The van der Waals surface area contributed by atoms with Crippen molar-refractivity contribution in [3.05, 3.63) is 35.6 Å². The molecule has 0 bridgehead atoms. The number of amides is 1. The third-order valence-electron chi connectivity index (χ3n) is 7.06. The summed E-state index contributed by atoms with van der Waals surface area (Å²) < 4.78 is 0. The Morgan fingerprint density at radius 2 is 2.04 bits per heavy atom. The van der Waals surface area contributed by atoms with Crippen LogP contribution in [0.4, 0.5) is 0 Å². The van der Waals surface area contributed by atoms with Crippen molar-refractivity contribution in [1.82, 2.24) is 4.90 Å². The third-order valence-corrected chi connectivity index (χ3v) is 7.06. The number of aliphatic hydroxyl groups excluding tert-OH is 2. The van der Waals surface area contributed by atoms with E-state index in [0.29, 0.717) is 11.8 Å². The Morgan fingerprint density at radius 3 is 2.63 bits per heavy atom. The first-order chi connectivity index (χ1) is 12.8. The molecule has 5 heteroatoms. The first-order valence-corrected chi connectivity index (χ1v) is 9.94. The van der Waals surface area contributed by atoms with E-state index in [2.05, 4.69) is 19.1 Å². The monoisotopic (exact) mass is 373 g/mol. The smallest absolute Gasteiger partial charge is 0.261 e. The van der Waals surface area contributed by atoms with Crippen LogP contribution < -0.4 is 0 Å². The summed E-state index contributed by atoms with van der Waals surface area (Å²) in [5, 5.41) is 20.9. The first-order valence-electron chi connectivity index (χ1n) is 9.94. The molecular weight excluding hydrogens is 342 g/mol. The van der Waals surface area contributed by atoms with Crippen molar-refractivity contribution in [1.29, 1.82) is 0 Å². The quantitative estimate of drug-likeness (QED) is 0.345. The van der Waals surface area contributed by atoms with Crippen molar-refractivity contribution in [3.63, 3.8) is 0 Å². The molecule has 5 nitrogen and oxygen atoms in total. The van der Waals surface area contributed by atoms with Crippen LogP contribution in [0, 0.1) is 29.1 Å². The van der Waals surface area contributed by atoms with Crippen molar-refractivity contribution in [3.8, 4) is 0 Å². The Balaban J connectivity index is 2.14. The lowest BCUT2D eigenvalue weighted by atomic mass is 9.54. The summed E-state index contributed by atoms with van der Waals surface area (Å²) in [6.45, 7) is 5.75. The number of allylic oxidation sites excluding steroid dienone is 5. The van der Waals surface area contributed by atoms with Crippen molar-refractivity contribution in [2.75, 3.05) is 13.7 Å². The summed E-state index contributed by atoms with van der Waals surface area (Å²) in [5.74, 6) is -0.00752. The van der Waals surface area contributed by atoms with Crippen LogP contribution in [-0.2, 0) is 9.59 Å². The molecule has 2 aliphatic carbocycles. The van der Waals surface area contributed by atoms with E-state index in [-0.39, 0.29) is 23.2 Å². The number of aliphatic hydroxyl groups is 2. The molecule has 0 aromatic rings. The normalized spacial score (nSPS) is 41.4. The molecule has 3 aliphatic rings. The van der Waals surface area contributed by atoms with Crippen LogP contribution in [0.5, 0.6) is 0 Å². The van der Waals surface area contributed by atoms with Gasteiger partial charge in [-0.05, 0) is 37.5 Å². The molecule has 1 saturated carbocycles. The van der Waals surface area contributed by atoms with Gasteiger partial charge in [0, 0.05) is 18.4 Å². The van der Waals surface area contributed by atoms with Gasteiger partial charge in [0.05, 0.1) is 6.61 Å². The zero-order valence-corrected chi connectivity index (χ0v) is 16.7. The van der Waals surface area contributed by atoms with Crippen molar-refractivity contribution >= 4 is 11.7 Å². The minimum Gasteiger partial charge on any atom is -0.511 e. The molecule has 3 rings (SSSR count). The lowest BCUT2D eigenvalue weighted by Crippen LogP contribution is -2.45. The fourth-order valence-electron chi connectivity index (χ4n) is 5.35. The number of hydrogen-bond donors (Lipinski definition) is 2. The SMILES string of the molecule is CC=CC1C=CC2CC(C)CCC2C1(C)C(O)=C1C(=O)C(CO)N(C)C1=O. The lowest BCUT2D eigenvalue weighted by Gasteiger charge is -2.50. The van der Waals surface area contributed by atoms with Gasteiger partial charge in [0.25, 0.3) is 5.91 Å². The van der Waals surface area contributed by atoms with E-state index in [1.54, 1.807) is 0 Å². The molecule has 27 heavy (non-hydrogen) atoms. The van der Waals surface area contributed by atoms with Gasteiger partial charge in [-0.2, -0.15) is 0 Å². The van der Waals surface area contributed by atoms with Gasteiger partial charge in [0.2, 0.25) is 0 Å². The highest BCUT2D eigenvalue weighted by Crippen LogP contribution is 2.56. The number of likely N-dealkylation sites (tertiary alicyclic amines) is 1. The van der Waals surface area contributed by atoms with Crippen LogP contribution in [0.2, 0.25) is 0 Å². The molecule has 0 spiro atoms. The van der Waals surface area contributed by atoms with Gasteiger partial charge in [-0.15, -0.1) is 0 Å². The van der Waals surface area contributed by atoms with Crippen LogP contribution in [-0.4, -0.2) is 46.5 Å². The van der Waals surface area contributed by atoms with Crippen LogP contribution in [0.25, 0.3) is 0 Å². The van der Waals surface area contributed by atoms with E-state index in [4.69, 9.17) is 0 Å². The molecule has 2 fully saturated rings. The van der Waals surface area contributed by atoms with E-state index in [1.165, 1.54) is 11.9 Å². The number of carbonyl (C=O) groups is 2. The Kier molecular flexibility index (Phi) is 5.35. The van der Waals surface area contributed by atoms with E-state index in [1.807, 2.05) is 26.0 Å².